The predicted octanol–water partition coefficient (Wildman–Crippen LogP) is 10.9. The lowest BCUT2D eigenvalue weighted by atomic mass is 10.0. The molecule has 3 aromatic heterocycles. The number of hydrogen-bond acceptors (Lipinski definition) is 5. The molecule has 0 spiro atoms. The van der Waals surface area contributed by atoms with Gasteiger partial charge in [0.05, 0.1) is 29.9 Å². The Balaban J connectivity index is 1.39. The Morgan fingerprint density at radius 1 is 0.463 bits per heavy atom. The molecule has 0 fully saturated rings. The number of carbonyl (C=O) groups excluding carboxylic acids is 1. The zero-order chi connectivity index (χ0) is 36.4. The molecule has 9 rings (SSSR count). The van der Waals surface area contributed by atoms with Crippen molar-refractivity contribution in [3.63, 3.8) is 0 Å². The first-order valence-corrected chi connectivity index (χ1v) is 17.8. The second-order valence-electron chi connectivity index (χ2n) is 13.0. The van der Waals surface area contributed by atoms with Crippen LogP contribution in [0.25, 0.3) is 90.9 Å². The van der Waals surface area contributed by atoms with Gasteiger partial charge < -0.3 is 19.4 Å². The molecular weight excluding hydrogens is 669 g/mol. The fraction of sp³-hybridized carbons (Fsp3) is 0.0426. The van der Waals surface area contributed by atoms with E-state index in [9.17, 15) is 4.79 Å². The fourth-order valence-corrected chi connectivity index (χ4v) is 7.15. The Labute approximate surface area is 312 Å². The number of ether oxygens (including phenoxy) is 2. The van der Waals surface area contributed by atoms with E-state index in [-0.39, 0.29) is 6.61 Å². The summed E-state index contributed by atoms with van der Waals surface area (Å²) in [5.74, 6) is 0.122. The molecule has 7 aromatic rings. The molecule has 0 radical (unpaired) electrons. The van der Waals surface area contributed by atoms with Crippen molar-refractivity contribution >= 4 is 52.3 Å². The number of carbonyl (C=O) groups is 1. The number of nitrogens with zero attached hydrogens (tertiary/aromatic N) is 2. The number of esters is 1. The molecule has 0 aliphatic carbocycles. The number of fused-ring (bicyclic) bond motifs is 8. The van der Waals surface area contributed by atoms with Crippen molar-refractivity contribution < 1.29 is 14.3 Å². The summed E-state index contributed by atoms with van der Waals surface area (Å²) in [4.78, 5) is 30.0. The van der Waals surface area contributed by atoms with Crippen molar-refractivity contribution in [2.24, 2.45) is 0 Å². The molecular formula is C47H34N4O3. The van der Waals surface area contributed by atoms with Gasteiger partial charge in [-0.05, 0) is 83.0 Å². The first-order chi connectivity index (χ1) is 26.6. The molecule has 260 valence electrons. The van der Waals surface area contributed by atoms with Crippen molar-refractivity contribution in [1.82, 2.24) is 19.9 Å². The third-order valence-corrected chi connectivity index (χ3v) is 9.67. The number of aromatic amines is 2. The zero-order valence-corrected chi connectivity index (χ0v) is 29.4. The number of rotatable bonds is 7. The van der Waals surface area contributed by atoms with Gasteiger partial charge in [0.25, 0.3) is 0 Å². The maximum atomic E-state index is 11.7. The molecule has 8 bridgehead atoms. The van der Waals surface area contributed by atoms with E-state index in [1.54, 1.807) is 0 Å². The second kappa shape index (κ2) is 14.1. The number of aromatic nitrogens is 4. The van der Waals surface area contributed by atoms with E-state index in [1.165, 1.54) is 7.11 Å². The lowest BCUT2D eigenvalue weighted by Crippen LogP contribution is -2.12. The topological polar surface area (TPSA) is 92.9 Å². The normalized spacial score (nSPS) is 11.8. The molecule has 0 unspecified atom stereocenters. The van der Waals surface area contributed by atoms with Gasteiger partial charge in [-0.1, -0.05) is 103 Å². The van der Waals surface area contributed by atoms with Gasteiger partial charge in [-0.15, -0.1) is 0 Å². The van der Waals surface area contributed by atoms with Gasteiger partial charge in [0.1, 0.15) is 5.75 Å². The van der Waals surface area contributed by atoms with E-state index in [4.69, 9.17) is 19.4 Å². The number of methoxy groups -OCH3 is 1. The van der Waals surface area contributed by atoms with Crippen LogP contribution >= 0.6 is 0 Å². The molecule has 54 heavy (non-hydrogen) atoms. The predicted molar refractivity (Wildman–Crippen MR) is 218 cm³/mol. The minimum atomic E-state index is -0.441. The van der Waals surface area contributed by atoms with Crippen molar-refractivity contribution in [3.05, 3.63) is 162 Å². The Morgan fingerprint density at radius 2 is 0.796 bits per heavy atom. The first kappa shape index (κ1) is 32.6. The van der Waals surface area contributed by atoms with Gasteiger partial charge in [-0.2, -0.15) is 0 Å². The molecule has 2 aliphatic rings. The van der Waals surface area contributed by atoms with Crippen LogP contribution in [-0.2, 0) is 9.53 Å². The SMILES string of the molecule is COC(=O)COc1ccc(-c2c3nc(c(-c4ccccc4)c4ccc([nH]4)c(-c4ccccc4)c4nc(c(-c5ccccc5)c5ccc2[nH]5)C=C4)C=C3)cc1. The minimum Gasteiger partial charge on any atom is -0.482 e. The number of hydrogen-bond donors (Lipinski definition) is 2. The maximum Gasteiger partial charge on any atom is 0.343 e. The quantitative estimate of drug-likeness (QED) is 0.161. The van der Waals surface area contributed by atoms with E-state index in [0.29, 0.717) is 5.75 Å². The van der Waals surface area contributed by atoms with Gasteiger partial charge in [-0.25, -0.2) is 14.8 Å². The number of benzene rings is 4. The smallest absolute Gasteiger partial charge is 0.343 e. The summed E-state index contributed by atoms with van der Waals surface area (Å²) in [6.45, 7) is -0.168. The van der Waals surface area contributed by atoms with Crippen LogP contribution in [-0.4, -0.2) is 39.6 Å². The monoisotopic (exact) mass is 702 g/mol. The fourth-order valence-electron chi connectivity index (χ4n) is 7.15. The maximum absolute atomic E-state index is 11.7. The summed E-state index contributed by atoms with van der Waals surface area (Å²) in [6, 6.07) is 47.3. The molecule has 0 saturated carbocycles. The minimum absolute atomic E-state index is 0.168. The standard InChI is InChI=1S/C47H34N4O3/c1-53-43(52)29-54-34-19-17-33(18-20-34)47-41-27-25-39(50-41)45(31-13-7-3-8-14-31)37-23-21-35(48-37)44(30-11-5-2-6-12-30)36-22-24-38(49-36)46(32-15-9-4-10-16-32)40-26-28-42(47)51-40/h2-28,48,51H,29H2,1H3. The summed E-state index contributed by atoms with van der Waals surface area (Å²) >= 11 is 0. The lowest BCUT2D eigenvalue weighted by Gasteiger charge is -2.08. The molecule has 5 heterocycles. The molecule has 0 atom stereocenters. The van der Waals surface area contributed by atoms with Gasteiger partial charge in [0, 0.05) is 44.3 Å². The van der Waals surface area contributed by atoms with Crippen molar-refractivity contribution in [2.75, 3.05) is 13.7 Å². The van der Waals surface area contributed by atoms with Crippen molar-refractivity contribution in [3.8, 4) is 50.3 Å². The first-order valence-electron chi connectivity index (χ1n) is 17.8. The molecule has 7 nitrogen and oxygen atoms in total. The van der Waals surface area contributed by atoms with E-state index < -0.39 is 5.97 Å². The highest BCUT2D eigenvalue weighted by Crippen LogP contribution is 2.38. The summed E-state index contributed by atoms with van der Waals surface area (Å²) in [7, 11) is 1.34. The number of H-pyrrole nitrogens is 2. The largest absolute Gasteiger partial charge is 0.482 e. The molecule has 2 aliphatic heterocycles. The molecule has 7 heteroatoms. The Kier molecular flexibility index (Phi) is 8.49. The van der Waals surface area contributed by atoms with Crippen LogP contribution in [0.15, 0.2) is 140 Å². The van der Waals surface area contributed by atoms with Crippen LogP contribution in [0.4, 0.5) is 0 Å². The van der Waals surface area contributed by atoms with Crippen molar-refractivity contribution in [2.45, 2.75) is 0 Å². The highest BCUT2D eigenvalue weighted by atomic mass is 16.6. The van der Waals surface area contributed by atoms with Crippen molar-refractivity contribution in [1.29, 1.82) is 0 Å². The summed E-state index contributed by atoms with van der Waals surface area (Å²) in [6.07, 6.45) is 8.37. The van der Waals surface area contributed by atoms with Crippen LogP contribution in [0.1, 0.15) is 22.8 Å². The van der Waals surface area contributed by atoms with E-state index in [0.717, 1.165) is 89.4 Å². The highest BCUT2D eigenvalue weighted by Gasteiger charge is 2.19. The number of nitrogens with one attached hydrogen (secondary N) is 2. The third-order valence-electron chi connectivity index (χ3n) is 9.67. The lowest BCUT2D eigenvalue weighted by molar-refractivity contribution is -0.142. The molecule has 4 aromatic carbocycles. The van der Waals surface area contributed by atoms with Gasteiger partial charge in [0.15, 0.2) is 6.61 Å². The molecule has 0 saturated heterocycles. The van der Waals surface area contributed by atoms with E-state index in [1.807, 2.05) is 42.5 Å². The van der Waals surface area contributed by atoms with Gasteiger partial charge >= 0.3 is 5.97 Å². The average molecular weight is 703 g/mol. The van der Waals surface area contributed by atoms with Crippen LogP contribution < -0.4 is 4.74 Å². The molecule has 0 amide bonds. The zero-order valence-electron chi connectivity index (χ0n) is 29.4. The summed E-state index contributed by atoms with van der Waals surface area (Å²) in [5, 5.41) is 0. The van der Waals surface area contributed by atoms with Crippen LogP contribution in [0.3, 0.4) is 0 Å². The van der Waals surface area contributed by atoms with Crippen LogP contribution in [0, 0.1) is 0 Å². The molecule has 2 N–H and O–H groups in total. The Bertz CT molecular complexity index is 2710. The van der Waals surface area contributed by atoms with Gasteiger partial charge in [0.2, 0.25) is 0 Å². The van der Waals surface area contributed by atoms with E-state index >= 15 is 0 Å². The van der Waals surface area contributed by atoms with E-state index in [2.05, 4.69) is 131 Å². The second-order valence-corrected chi connectivity index (χ2v) is 13.0. The summed E-state index contributed by atoms with van der Waals surface area (Å²) < 4.78 is 10.4. The van der Waals surface area contributed by atoms with Crippen LogP contribution in [0.5, 0.6) is 5.75 Å². The third kappa shape index (κ3) is 6.18. The summed E-state index contributed by atoms with van der Waals surface area (Å²) in [5.41, 5.74) is 15.1. The Morgan fingerprint density at radius 3 is 1.13 bits per heavy atom. The highest BCUT2D eigenvalue weighted by molar-refractivity contribution is 5.99. The average Bonchev–Trinajstić information content (AvgIpc) is 4.07. The van der Waals surface area contributed by atoms with Gasteiger partial charge in [-0.3, -0.25) is 0 Å². The Hall–Kier alpha value is -7.25. The van der Waals surface area contributed by atoms with Crippen LogP contribution in [0.2, 0.25) is 0 Å².